The molecule has 0 radical (unpaired) electrons. The third-order valence-corrected chi connectivity index (χ3v) is 4.03. The van der Waals surface area contributed by atoms with Gasteiger partial charge in [0.25, 0.3) is 0 Å². The number of nitrogens with two attached hydrogens (primary N) is 1. The first-order valence-corrected chi connectivity index (χ1v) is 6.91. The molecule has 18 heavy (non-hydrogen) atoms. The van der Waals surface area contributed by atoms with E-state index in [9.17, 15) is 0 Å². The van der Waals surface area contributed by atoms with Crippen molar-refractivity contribution in [2.45, 2.75) is 25.4 Å². The highest BCUT2D eigenvalue weighted by molar-refractivity contribution is 5.19. The Bertz CT molecular complexity index is 352. The van der Waals surface area contributed by atoms with Gasteiger partial charge in [-0.25, -0.2) is 0 Å². The molecule has 1 heterocycles. The standard InChI is InChI=1S/C15H25N3/c1-13(15(16)14-7-4-3-5-8-14)18-10-6-9-17(2)11-12-18/h3-5,7-8,13,15H,6,9-12,16H2,1-2H3. The van der Waals surface area contributed by atoms with E-state index in [4.69, 9.17) is 5.73 Å². The van der Waals surface area contributed by atoms with E-state index >= 15 is 0 Å². The van der Waals surface area contributed by atoms with E-state index in [-0.39, 0.29) is 6.04 Å². The van der Waals surface area contributed by atoms with E-state index in [1.807, 2.05) is 6.07 Å². The molecule has 0 bridgehead atoms. The van der Waals surface area contributed by atoms with Gasteiger partial charge in [0.05, 0.1) is 0 Å². The highest BCUT2D eigenvalue weighted by atomic mass is 15.2. The summed E-state index contributed by atoms with van der Waals surface area (Å²) in [5.74, 6) is 0. The Labute approximate surface area is 111 Å². The first-order chi connectivity index (χ1) is 8.68. The molecule has 100 valence electrons. The van der Waals surface area contributed by atoms with E-state index in [1.54, 1.807) is 0 Å². The molecule has 0 spiro atoms. The van der Waals surface area contributed by atoms with Crippen LogP contribution in [0, 0.1) is 0 Å². The van der Waals surface area contributed by atoms with Crippen molar-refractivity contribution in [1.29, 1.82) is 0 Å². The molecule has 1 aliphatic rings. The summed E-state index contributed by atoms with van der Waals surface area (Å²) in [6.45, 7) is 6.88. The Morgan fingerprint density at radius 2 is 1.78 bits per heavy atom. The summed E-state index contributed by atoms with van der Waals surface area (Å²) in [5, 5.41) is 0. The molecule has 2 unspecified atom stereocenters. The first kappa shape index (κ1) is 13.5. The number of nitrogens with zero attached hydrogens (tertiary/aromatic N) is 2. The summed E-state index contributed by atoms with van der Waals surface area (Å²) < 4.78 is 0. The van der Waals surface area contributed by atoms with E-state index in [2.05, 4.69) is 48.0 Å². The fraction of sp³-hybridized carbons (Fsp3) is 0.600. The Morgan fingerprint density at radius 3 is 2.50 bits per heavy atom. The van der Waals surface area contributed by atoms with Gasteiger partial charge in [0.15, 0.2) is 0 Å². The molecule has 2 rings (SSSR count). The average Bonchev–Trinajstić information content (AvgIpc) is 2.63. The van der Waals surface area contributed by atoms with Crippen LogP contribution in [0.2, 0.25) is 0 Å². The molecule has 1 fully saturated rings. The van der Waals surface area contributed by atoms with Gasteiger partial charge < -0.3 is 10.6 Å². The van der Waals surface area contributed by atoms with Gasteiger partial charge in [0.1, 0.15) is 0 Å². The highest BCUT2D eigenvalue weighted by Gasteiger charge is 2.23. The zero-order valence-corrected chi connectivity index (χ0v) is 11.5. The van der Waals surface area contributed by atoms with Crippen molar-refractivity contribution in [3.05, 3.63) is 35.9 Å². The second-order valence-corrected chi connectivity index (χ2v) is 5.37. The smallest absolute Gasteiger partial charge is 0.0450 e. The number of rotatable bonds is 3. The maximum absolute atomic E-state index is 6.40. The number of likely N-dealkylation sites (N-methyl/N-ethyl adjacent to an activating group) is 1. The monoisotopic (exact) mass is 247 g/mol. The lowest BCUT2D eigenvalue weighted by Gasteiger charge is -2.32. The largest absolute Gasteiger partial charge is 0.323 e. The lowest BCUT2D eigenvalue weighted by molar-refractivity contribution is 0.190. The van der Waals surface area contributed by atoms with Crippen molar-refractivity contribution in [3.8, 4) is 0 Å². The quantitative estimate of drug-likeness (QED) is 0.882. The lowest BCUT2D eigenvalue weighted by atomic mass is 10.00. The Kier molecular flexibility index (Phi) is 4.75. The number of hydrogen-bond acceptors (Lipinski definition) is 3. The Hall–Kier alpha value is -0.900. The van der Waals surface area contributed by atoms with Crippen molar-refractivity contribution in [3.63, 3.8) is 0 Å². The minimum absolute atomic E-state index is 0.106. The summed E-state index contributed by atoms with van der Waals surface area (Å²) in [5.41, 5.74) is 7.64. The van der Waals surface area contributed by atoms with E-state index < -0.39 is 0 Å². The van der Waals surface area contributed by atoms with Crippen LogP contribution in [0.5, 0.6) is 0 Å². The minimum atomic E-state index is 0.106. The van der Waals surface area contributed by atoms with Crippen LogP contribution in [0.3, 0.4) is 0 Å². The van der Waals surface area contributed by atoms with Crippen molar-refractivity contribution in [1.82, 2.24) is 9.80 Å². The molecule has 0 aliphatic carbocycles. The van der Waals surface area contributed by atoms with Crippen molar-refractivity contribution in [2.75, 3.05) is 33.2 Å². The second-order valence-electron chi connectivity index (χ2n) is 5.37. The summed E-state index contributed by atoms with van der Waals surface area (Å²) in [7, 11) is 2.20. The molecule has 2 atom stereocenters. The van der Waals surface area contributed by atoms with Gasteiger partial charge in [-0.05, 0) is 39.0 Å². The summed E-state index contributed by atoms with van der Waals surface area (Å²) in [6, 6.07) is 10.9. The summed E-state index contributed by atoms with van der Waals surface area (Å²) >= 11 is 0. The van der Waals surface area contributed by atoms with Crippen molar-refractivity contribution < 1.29 is 0 Å². The minimum Gasteiger partial charge on any atom is -0.323 e. The molecule has 1 aliphatic heterocycles. The predicted molar refractivity (Wildman–Crippen MR) is 76.5 cm³/mol. The average molecular weight is 247 g/mol. The van der Waals surface area contributed by atoms with Crippen LogP contribution >= 0.6 is 0 Å². The zero-order chi connectivity index (χ0) is 13.0. The van der Waals surface area contributed by atoms with Crippen LogP contribution in [0.15, 0.2) is 30.3 Å². The number of hydrogen-bond donors (Lipinski definition) is 1. The summed E-state index contributed by atoms with van der Waals surface area (Å²) in [6.07, 6.45) is 1.24. The molecule has 3 nitrogen and oxygen atoms in total. The van der Waals surface area contributed by atoms with Gasteiger partial charge in [-0.1, -0.05) is 30.3 Å². The van der Waals surface area contributed by atoms with Gasteiger partial charge in [-0.2, -0.15) is 0 Å². The Balaban J connectivity index is 1.99. The van der Waals surface area contributed by atoms with E-state index in [1.165, 1.54) is 18.5 Å². The Morgan fingerprint density at radius 1 is 1.06 bits per heavy atom. The molecule has 0 saturated carbocycles. The van der Waals surface area contributed by atoms with Gasteiger partial charge in [-0.3, -0.25) is 4.90 Å². The molecular weight excluding hydrogens is 222 g/mol. The third kappa shape index (κ3) is 3.31. The molecule has 2 N–H and O–H groups in total. The lowest BCUT2D eigenvalue weighted by Crippen LogP contribution is -2.42. The molecule has 1 aromatic carbocycles. The van der Waals surface area contributed by atoms with Crippen LogP contribution in [-0.2, 0) is 0 Å². The molecular formula is C15H25N3. The van der Waals surface area contributed by atoms with Gasteiger partial charge >= 0.3 is 0 Å². The van der Waals surface area contributed by atoms with Crippen molar-refractivity contribution >= 4 is 0 Å². The van der Waals surface area contributed by atoms with Crippen LogP contribution < -0.4 is 5.73 Å². The second kappa shape index (κ2) is 6.32. The van der Waals surface area contributed by atoms with Crippen LogP contribution in [0.4, 0.5) is 0 Å². The van der Waals surface area contributed by atoms with Crippen LogP contribution in [0.25, 0.3) is 0 Å². The maximum atomic E-state index is 6.40. The molecule has 0 aromatic heterocycles. The van der Waals surface area contributed by atoms with Crippen LogP contribution in [0.1, 0.15) is 24.9 Å². The molecule has 1 aromatic rings. The normalized spacial score (nSPS) is 22.4. The fourth-order valence-corrected chi connectivity index (χ4v) is 2.65. The van der Waals surface area contributed by atoms with E-state index in [0.29, 0.717) is 6.04 Å². The number of benzene rings is 1. The maximum Gasteiger partial charge on any atom is 0.0450 e. The molecule has 1 saturated heterocycles. The van der Waals surface area contributed by atoms with Crippen LogP contribution in [-0.4, -0.2) is 49.1 Å². The van der Waals surface area contributed by atoms with Gasteiger partial charge in [0, 0.05) is 25.2 Å². The highest BCUT2D eigenvalue weighted by Crippen LogP contribution is 2.19. The topological polar surface area (TPSA) is 32.5 Å². The molecule has 3 heteroatoms. The van der Waals surface area contributed by atoms with Gasteiger partial charge in [0.2, 0.25) is 0 Å². The SMILES string of the molecule is CC(C(N)c1ccccc1)N1CCCN(C)CC1. The van der Waals surface area contributed by atoms with Crippen molar-refractivity contribution in [2.24, 2.45) is 5.73 Å². The molecule has 0 amide bonds. The third-order valence-electron chi connectivity index (χ3n) is 4.03. The summed E-state index contributed by atoms with van der Waals surface area (Å²) in [4.78, 5) is 4.93. The van der Waals surface area contributed by atoms with E-state index in [0.717, 1.165) is 19.6 Å². The van der Waals surface area contributed by atoms with Gasteiger partial charge in [-0.15, -0.1) is 0 Å². The first-order valence-electron chi connectivity index (χ1n) is 6.91. The fourth-order valence-electron chi connectivity index (χ4n) is 2.65. The zero-order valence-electron chi connectivity index (χ0n) is 11.5. The predicted octanol–water partition coefficient (Wildman–Crippen LogP) is 1.71.